The third-order valence-electron chi connectivity index (χ3n) is 4.24. The molecule has 3 amide bonds. The van der Waals surface area contributed by atoms with E-state index in [0.717, 1.165) is 21.8 Å². The van der Waals surface area contributed by atoms with Crippen molar-refractivity contribution in [3.63, 3.8) is 0 Å². The van der Waals surface area contributed by atoms with Crippen LogP contribution in [0.25, 0.3) is 6.08 Å². The van der Waals surface area contributed by atoms with Gasteiger partial charge in [-0.1, -0.05) is 52.0 Å². The van der Waals surface area contributed by atoms with Gasteiger partial charge in [-0.05, 0) is 35.9 Å². The standard InChI is InChI=1S/C20H15BrN4O5S2/c21-14-3-1-2-12(10-14)11-16-19(28)24(20(31)32-16)9-8-17(26)22-23-18(27)13-4-6-15(7-5-13)25(29)30/h1-7,10-11H,8-9H2,(H,22,26)(H,23,27). The van der Waals surface area contributed by atoms with Crippen molar-refractivity contribution >= 4 is 73.7 Å². The number of nitro benzene ring substituents is 1. The van der Waals surface area contributed by atoms with Gasteiger partial charge in [0.25, 0.3) is 17.5 Å². The highest BCUT2D eigenvalue weighted by molar-refractivity contribution is 9.10. The number of nitro groups is 1. The number of rotatable bonds is 6. The number of amides is 3. The molecular formula is C20H15BrN4O5S2. The number of benzene rings is 2. The Labute approximate surface area is 200 Å². The zero-order chi connectivity index (χ0) is 23.3. The molecule has 1 aliphatic heterocycles. The molecule has 0 aromatic heterocycles. The molecule has 1 saturated heterocycles. The Hall–Kier alpha value is -3.09. The number of carbonyl (C=O) groups is 3. The summed E-state index contributed by atoms with van der Waals surface area (Å²) in [5.41, 5.74) is 5.31. The SMILES string of the molecule is O=C(CCN1C(=O)C(=Cc2cccc(Br)c2)SC1=S)NNC(=O)c1ccc([N+](=O)[O-])cc1. The second-order valence-electron chi connectivity index (χ2n) is 6.44. The molecule has 1 fully saturated rings. The molecule has 0 aliphatic carbocycles. The number of hydrogen-bond donors (Lipinski definition) is 2. The van der Waals surface area contributed by atoms with Crippen LogP contribution in [0.2, 0.25) is 0 Å². The minimum atomic E-state index is -0.629. The summed E-state index contributed by atoms with van der Waals surface area (Å²) in [5.74, 6) is -1.44. The Kier molecular flexibility index (Phi) is 7.72. The summed E-state index contributed by atoms with van der Waals surface area (Å²) in [5, 5.41) is 10.7. The highest BCUT2D eigenvalue weighted by Crippen LogP contribution is 2.32. The smallest absolute Gasteiger partial charge is 0.269 e. The molecule has 0 radical (unpaired) electrons. The van der Waals surface area contributed by atoms with E-state index >= 15 is 0 Å². The first-order chi connectivity index (χ1) is 15.2. The molecule has 0 spiro atoms. The molecular weight excluding hydrogens is 520 g/mol. The lowest BCUT2D eigenvalue weighted by atomic mass is 10.2. The number of hydrazine groups is 1. The average molecular weight is 535 g/mol. The maximum absolute atomic E-state index is 12.6. The summed E-state index contributed by atoms with van der Waals surface area (Å²) in [6.07, 6.45) is 1.64. The van der Waals surface area contributed by atoms with E-state index in [9.17, 15) is 24.5 Å². The van der Waals surface area contributed by atoms with Crippen molar-refractivity contribution in [2.24, 2.45) is 0 Å². The lowest BCUT2D eigenvalue weighted by molar-refractivity contribution is -0.384. The molecule has 1 aliphatic rings. The first-order valence-corrected chi connectivity index (χ1v) is 11.1. The van der Waals surface area contributed by atoms with Crippen LogP contribution in [0.4, 0.5) is 5.69 Å². The second kappa shape index (κ2) is 10.5. The number of thiocarbonyl (C=S) groups is 1. The zero-order valence-corrected chi connectivity index (χ0v) is 19.5. The molecule has 9 nitrogen and oxygen atoms in total. The molecule has 164 valence electrons. The van der Waals surface area contributed by atoms with Crippen LogP contribution in [0.5, 0.6) is 0 Å². The summed E-state index contributed by atoms with van der Waals surface area (Å²) >= 11 is 9.79. The number of halogens is 1. The van der Waals surface area contributed by atoms with Crippen molar-refractivity contribution in [3.8, 4) is 0 Å². The van der Waals surface area contributed by atoms with E-state index in [-0.39, 0.29) is 30.1 Å². The highest BCUT2D eigenvalue weighted by Gasteiger charge is 2.32. The van der Waals surface area contributed by atoms with E-state index in [4.69, 9.17) is 12.2 Å². The summed E-state index contributed by atoms with van der Waals surface area (Å²) in [6.45, 7) is 0.0553. The van der Waals surface area contributed by atoms with E-state index in [1.807, 2.05) is 24.3 Å². The molecule has 2 aromatic carbocycles. The van der Waals surface area contributed by atoms with Crippen molar-refractivity contribution in [2.45, 2.75) is 6.42 Å². The largest absolute Gasteiger partial charge is 0.292 e. The van der Waals surface area contributed by atoms with Crippen LogP contribution < -0.4 is 10.9 Å². The molecule has 0 unspecified atom stereocenters. The van der Waals surface area contributed by atoms with E-state index in [2.05, 4.69) is 26.8 Å². The van der Waals surface area contributed by atoms with Gasteiger partial charge in [0.05, 0.1) is 9.83 Å². The molecule has 0 atom stereocenters. The van der Waals surface area contributed by atoms with Gasteiger partial charge in [-0.15, -0.1) is 0 Å². The average Bonchev–Trinajstić information content (AvgIpc) is 3.02. The van der Waals surface area contributed by atoms with Gasteiger partial charge in [-0.25, -0.2) is 0 Å². The van der Waals surface area contributed by atoms with Crippen LogP contribution in [0.15, 0.2) is 57.9 Å². The van der Waals surface area contributed by atoms with E-state index < -0.39 is 16.7 Å². The first-order valence-electron chi connectivity index (χ1n) is 9.09. The van der Waals surface area contributed by atoms with Crippen molar-refractivity contribution in [3.05, 3.63) is 79.2 Å². The fourth-order valence-corrected chi connectivity index (χ4v) is 4.38. The molecule has 0 saturated carbocycles. The number of nitrogens with zero attached hydrogens (tertiary/aromatic N) is 2. The number of non-ortho nitro benzene ring substituents is 1. The topological polar surface area (TPSA) is 122 Å². The second-order valence-corrected chi connectivity index (χ2v) is 9.04. The maximum atomic E-state index is 12.6. The molecule has 2 aromatic rings. The van der Waals surface area contributed by atoms with E-state index in [1.54, 1.807) is 6.08 Å². The molecule has 12 heteroatoms. The van der Waals surface area contributed by atoms with Crippen molar-refractivity contribution < 1.29 is 19.3 Å². The lowest BCUT2D eigenvalue weighted by Crippen LogP contribution is -2.43. The molecule has 1 heterocycles. The fourth-order valence-electron chi connectivity index (χ4n) is 2.65. The van der Waals surface area contributed by atoms with Crippen molar-refractivity contribution in [1.82, 2.24) is 15.8 Å². The van der Waals surface area contributed by atoms with Crippen LogP contribution in [0.3, 0.4) is 0 Å². The number of carbonyl (C=O) groups excluding carboxylic acids is 3. The van der Waals surface area contributed by atoms with E-state index in [1.165, 1.54) is 29.2 Å². The van der Waals surface area contributed by atoms with Crippen LogP contribution in [0.1, 0.15) is 22.3 Å². The van der Waals surface area contributed by atoms with Crippen LogP contribution in [-0.4, -0.2) is 38.4 Å². The van der Waals surface area contributed by atoms with Crippen molar-refractivity contribution in [1.29, 1.82) is 0 Å². The monoisotopic (exact) mass is 534 g/mol. The predicted octanol–water partition coefficient (Wildman–Crippen LogP) is 3.41. The molecule has 0 bridgehead atoms. The van der Waals surface area contributed by atoms with Gasteiger partial charge in [0.2, 0.25) is 5.91 Å². The quantitative estimate of drug-likeness (QED) is 0.252. The van der Waals surface area contributed by atoms with Crippen LogP contribution in [-0.2, 0) is 9.59 Å². The number of hydrogen-bond acceptors (Lipinski definition) is 7. The van der Waals surface area contributed by atoms with Crippen molar-refractivity contribution in [2.75, 3.05) is 6.54 Å². The van der Waals surface area contributed by atoms with Gasteiger partial charge in [0.1, 0.15) is 4.32 Å². The van der Waals surface area contributed by atoms with Gasteiger partial charge in [0.15, 0.2) is 0 Å². The van der Waals surface area contributed by atoms with Crippen LogP contribution in [0, 0.1) is 10.1 Å². The first kappa shape index (κ1) is 23.6. The van der Waals surface area contributed by atoms with Gasteiger partial charge >= 0.3 is 0 Å². The third kappa shape index (κ3) is 5.99. The maximum Gasteiger partial charge on any atom is 0.269 e. The molecule has 32 heavy (non-hydrogen) atoms. The number of nitrogens with one attached hydrogen (secondary N) is 2. The minimum Gasteiger partial charge on any atom is -0.292 e. The summed E-state index contributed by atoms with van der Waals surface area (Å²) in [7, 11) is 0. The summed E-state index contributed by atoms with van der Waals surface area (Å²) in [4.78, 5) is 48.6. The fraction of sp³-hybridized carbons (Fsp3) is 0.100. The minimum absolute atomic E-state index is 0.0553. The van der Waals surface area contributed by atoms with Gasteiger partial charge in [-0.2, -0.15) is 0 Å². The predicted molar refractivity (Wildman–Crippen MR) is 127 cm³/mol. The zero-order valence-electron chi connectivity index (χ0n) is 16.2. The highest BCUT2D eigenvalue weighted by atomic mass is 79.9. The Morgan fingerprint density at radius 3 is 2.56 bits per heavy atom. The van der Waals surface area contributed by atoms with Gasteiger partial charge in [-0.3, -0.25) is 40.2 Å². The lowest BCUT2D eigenvalue weighted by Gasteiger charge is -2.14. The van der Waals surface area contributed by atoms with E-state index in [0.29, 0.717) is 9.23 Å². The Morgan fingerprint density at radius 2 is 1.91 bits per heavy atom. The van der Waals surface area contributed by atoms with Gasteiger partial charge < -0.3 is 0 Å². The third-order valence-corrected chi connectivity index (χ3v) is 6.11. The Balaban J connectivity index is 1.51. The molecule has 2 N–H and O–H groups in total. The van der Waals surface area contributed by atoms with Crippen LogP contribution >= 0.6 is 39.9 Å². The van der Waals surface area contributed by atoms with Gasteiger partial charge in [0, 0.05) is 35.1 Å². The number of thioether (sulfide) groups is 1. The Bertz CT molecular complexity index is 1140. The Morgan fingerprint density at radius 1 is 1.19 bits per heavy atom. The summed E-state index contributed by atoms with van der Waals surface area (Å²) in [6, 6.07) is 12.4. The molecule has 3 rings (SSSR count). The summed E-state index contributed by atoms with van der Waals surface area (Å²) < 4.78 is 1.23. The normalized spacial score (nSPS) is 14.5.